The average Bonchev–Trinajstić information content (AvgIpc) is 2.35. The van der Waals surface area contributed by atoms with Crippen molar-refractivity contribution < 1.29 is 9.53 Å². The molecule has 0 saturated carbocycles. The lowest BCUT2D eigenvalue weighted by atomic mass is 10.3. The minimum absolute atomic E-state index is 0.236. The molecule has 0 aromatic carbocycles. The number of likely N-dealkylation sites (N-methyl/N-ethyl adjacent to an activating group) is 1. The van der Waals surface area contributed by atoms with Crippen LogP contribution in [0.15, 0.2) is 0 Å². The van der Waals surface area contributed by atoms with Gasteiger partial charge in [-0.25, -0.2) is 0 Å². The predicted molar refractivity (Wildman–Crippen MR) is 63.4 cm³/mol. The first-order valence-electron chi connectivity index (χ1n) is 5.97. The number of hydrogen-bond donors (Lipinski definition) is 1. The van der Waals surface area contributed by atoms with E-state index < -0.39 is 0 Å². The molecule has 0 unspecified atom stereocenters. The maximum absolute atomic E-state index is 11.9. The molecular weight excluding hydrogens is 206 g/mol. The minimum atomic E-state index is 0.236. The molecule has 5 nitrogen and oxygen atoms in total. The summed E-state index contributed by atoms with van der Waals surface area (Å²) < 4.78 is 5.02. The quantitative estimate of drug-likeness (QED) is 0.660. The van der Waals surface area contributed by atoms with Gasteiger partial charge in [-0.15, -0.1) is 0 Å². The van der Waals surface area contributed by atoms with Crippen molar-refractivity contribution in [3.8, 4) is 0 Å². The van der Waals surface area contributed by atoms with E-state index in [0.29, 0.717) is 13.2 Å². The van der Waals surface area contributed by atoms with Gasteiger partial charge in [0, 0.05) is 39.8 Å². The maximum atomic E-state index is 11.9. The Morgan fingerprint density at radius 3 is 2.69 bits per heavy atom. The highest BCUT2D eigenvalue weighted by Crippen LogP contribution is 1.96. The molecule has 1 saturated heterocycles. The Balaban J connectivity index is 2.29. The van der Waals surface area contributed by atoms with Gasteiger partial charge in [-0.3, -0.25) is 9.69 Å². The molecule has 94 valence electrons. The zero-order chi connectivity index (χ0) is 11.8. The highest BCUT2D eigenvalue weighted by atomic mass is 16.5. The highest BCUT2D eigenvalue weighted by molar-refractivity contribution is 5.78. The largest absolute Gasteiger partial charge is 0.383 e. The van der Waals surface area contributed by atoms with Gasteiger partial charge in [0.15, 0.2) is 0 Å². The van der Waals surface area contributed by atoms with Crippen LogP contribution in [0.25, 0.3) is 0 Å². The molecule has 0 atom stereocenters. The number of rotatable bonds is 6. The van der Waals surface area contributed by atoms with Gasteiger partial charge in [-0.1, -0.05) is 6.92 Å². The Bertz CT molecular complexity index is 205. The predicted octanol–water partition coefficient (Wildman–Crippen LogP) is -0.613. The summed E-state index contributed by atoms with van der Waals surface area (Å²) >= 11 is 0. The number of carbonyl (C=O) groups excluding carboxylic acids is 1. The molecule has 0 aromatic heterocycles. The van der Waals surface area contributed by atoms with Gasteiger partial charge in [-0.05, 0) is 6.54 Å². The van der Waals surface area contributed by atoms with E-state index >= 15 is 0 Å². The molecule has 0 aromatic rings. The molecule has 0 radical (unpaired) electrons. The van der Waals surface area contributed by atoms with E-state index in [2.05, 4.69) is 17.1 Å². The number of piperazine rings is 1. The van der Waals surface area contributed by atoms with Crippen molar-refractivity contribution in [3.63, 3.8) is 0 Å². The standard InChI is InChI=1S/C11H23N3O2/c1-3-13(8-9-16-2)10-11(15)14-6-4-12-5-7-14/h12H,3-10H2,1-2H3. The first kappa shape index (κ1) is 13.4. The molecule has 1 aliphatic heterocycles. The summed E-state index contributed by atoms with van der Waals surface area (Å²) in [5.74, 6) is 0.236. The summed E-state index contributed by atoms with van der Waals surface area (Å²) in [4.78, 5) is 16.0. The van der Waals surface area contributed by atoms with Crippen molar-refractivity contribution >= 4 is 5.91 Å². The lowest BCUT2D eigenvalue weighted by molar-refractivity contribution is -0.133. The third-order valence-corrected chi connectivity index (χ3v) is 2.89. The number of amides is 1. The van der Waals surface area contributed by atoms with Crippen LogP contribution in [0.2, 0.25) is 0 Å². The molecule has 0 aliphatic carbocycles. The molecule has 1 amide bonds. The second-order valence-electron chi connectivity index (χ2n) is 3.99. The van der Waals surface area contributed by atoms with Gasteiger partial charge in [0.1, 0.15) is 0 Å². The molecule has 1 aliphatic rings. The van der Waals surface area contributed by atoms with Crippen LogP contribution in [-0.4, -0.2) is 75.2 Å². The van der Waals surface area contributed by atoms with Crippen molar-refractivity contribution in [2.45, 2.75) is 6.92 Å². The second kappa shape index (κ2) is 7.60. The number of methoxy groups -OCH3 is 1. The Labute approximate surface area is 97.7 Å². The van der Waals surface area contributed by atoms with Crippen LogP contribution in [0.1, 0.15) is 6.92 Å². The topological polar surface area (TPSA) is 44.8 Å². The summed E-state index contributed by atoms with van der Waals surface area (Å²) in [7, 11) is 1.69. The van der Waals surface area contributed by atoms with Crippen LogP contribution in [0.3, 0.4) is 0 Å². The lowest BCUT2D eigenvalue weighted by Crippen LogP contribution is -2.49. The lowest BCUT2D eigenvalue weighted by Gasteiger charge is -2.30. The Morgan fingerprint density at radius 1 is 1.44 bits per heavy atom. The van der Waals surface area contributed by atoms with Crippen LogP contribution < -0.4 is 5.32 Å². The third kappa shape index (κ3) is 4.47. The number of ether oxygens (including phenoxy) is 1. The summed E-state index contributed by atoms with van der Waals surface area (Å²) in [5, 5.41) is 3.24. The molecule has 1 rings (SSSR count). The van der Waals surface area contributed by atoms with Crippen molar-refractivity contribution in [1.29, 1.82) is 0 Å². The Morgan fingerprint density at radius 2 is 2.12 bits per heavy atom. The SMILES string of the molecule is CCN(CCOC)CC(=O)N1CCNCC1. The minimum Gasteiger partial charge on any atom is -0.383 e. The fraction of sp³-hybridized carbons (Fsp3) is 0.909. The van der Waals surface area contributed by atoms with Crippen LogP contribution >= 0.6 is 0 Å². The van der Waals surface area contributed by atoms with E-state index in [1.54, 1.807) is 7.11 Å². The zero-order valence-electron chi connectivity index (χ0n) is 10.4. The van der Waals surface area contributed by atoms with Gasteiger partial charge in [0.25, 0.3) is 0 Å². The monoisotopic (exact) mass is 229 g/mol. The normalized spacial score (nSPS) is 16.8. The van der Waals surface area contributed by atoms with Gasteiger partial charge in [0.2, 0.25) is 5.91 Å². The second-order valence-corrected chi connectivity index (χ2v) is 3.99. The van der Waals surface area contributed by atoms with Gasteiger partial charge in [0.05, 0.1) is 13.2 Å². The van der Waals surface area contributed by atoms with Crippen LogP contribution in [-0.2, 0) is 9.53 Å². The first-order chi connectivity index (χ1) is 7.77. The van der Waals surface area contributed by atoms with Gasteiger partial charge < -0.3 is 15.0 Å². The van der Waals surface area contributed by atoms with E-state index in [0.717, 1.165) is 39.3 Å². The van der Waals surface area contributed by atoms with Crippen LogP contribution in [0, 0.1) is 0 Å². The fourth-order valence-electron chi connectivity index (χ4n) is 1.77. The molecule has 5 heteroatoms. The summed E-state index contributed by atoms with van der Waals surface area (Å²) in [5.41, 5.74) is 0. The van der Waals surface area contributed by atoms with Crippen LogP contribution in [0.4, 0.5) is 0 Å². The summed E-state index contributed by atoms with van der Waals surface area (Å²) in [6, 6.07) is 0. The van der Waals surface area contributed by atoms with Gasteiger partial charge >= 0.3 is 0 Å². The fourth-order valence-corrected chi connectivity index (χ4v) is 1.77. The number of nitrogens with one attached hydrogen (secondary N) is 1. The van der Waals surface area contributed by atoms with Crippen molar-refractivity contribution in [1.82, 2.24) is 15.1 Å². The van der Waals surface area contributed by atoms with Crippen molar-refractivity contribution in [3.05, 3.63) is 0 Å². The number of nitrogens with zero attached hydrogens (tertiary/aromatic N) is 2. The third-order valence-electron chi connectivity index (χ3n) is 2.89. The Hall–Kier alpha value is -0.650. The molecule has 0 spiro atoms. The molecule has 1 heterocycles. The van der Waals surface area contributed by atoms with E-state index in [-0.39, 0.29) is 5.91 Å². The first-order valence-corrected chi connectivity index (χ1v) is 5.97. The van der Waals surface area contributed by atoms with Crippen LogP contribution in [0.5, 0.6) is 0 Å². The average molecular weight is 229 g/mol. The van der Waals surface area contributed by atoms with Crippen molar-refractivity contribution in [2.75, 3.05) is 59.5 Å². The highest BCUT2D eigenvalue weighted by Gasteiger charge is 2.18. The summed E-state index contributed by atoms with van der Waals surface area (Å²) in [6.07, 6.45) is 0. The molecule has 0 bridgehead atoms. The zero-order valence-corrected chi connectivity index (χ0v) is 10.4. The van der Waals surface area contributed by atoms with Crippen molar-refractivity contribution in [2.24, 2.45) is 0 Å². The van der Waals surface area contributed by atoms with E-state index in [1.807, 2.05) is 4.90 Å². The molecular formula is C11H23N3O2. The number of carbonyl (C=O) groups is 1. The molecule has 16 heavy (non-hydrogen) atoms. The number of hydrogen-bond acceptors (Lipinski definition) is 4. The Kier molecular flexibility index (Phi) is 6.37. The maximum Gasteiger partial charge on any atom is 0.236 e. The molecule has 1 fully saturated rings. The summed E-state index contributed by atoms with van der Waals surface area (Å²) in [6.45, 7) is 8.47. The molecule has 1 N–H and O–H groups in total. The van der Waals surface area contributed by atoms with Gasteiger partial charge in [-0.2, -0.15) is 0 Å². The van der Waals surface area contributed by atoms with E-state index in [4.69, 9.17) is 4.74 Å². The van der Waals surface area contributed by atoms with E-state index in [9.17, 15) is 4.79 Å². The smallest absolute Gasteiger partial charge is 0.236 e. The van der Waals surface area contributed by atoms with E-state index in [1.165, 1.54) is 0 Å².